The maximum atomic E-state index is 11.0. The van der Waals surface area contributed by atoms with E-state index in [1.54, 1.807) is 12.3 Å². The molecule has 1 fully saturated rings. The molecule has 1 N–H and O–H groups in total. The summed E-state index contributed by atoms with van der Waals surface area (Å²) in [5.74, 6) is 0.0331. The first-order valence-corrected chi connectivity index (χ1v) is 6.17. The molecule has 19 heavy (non-hydrogen) atoms. The Kier molecular flexibility index (Phi) is 3.36. The summed E-state index contributed by atoms with van der Waals surface area (Å²) in [6.45, 7) is 9.31. The zero-order valence-corrected chi connectivity index (χ0v) is 11.9. The standard InChI is InChI=1S/C12H18BN3O3/c1-8(17)15-10-14-7-6-9(16-10)13-18-11(2,3)12(4,5)19-13/h6-7H,1-5H3,(H,14,15,16,17). The molecule has 0 saturated carbocycles. The largest absolute Gasteiger partial charge is 0.514 e. The number of rotatable bonds is 2. The van der Waals surface area contributed by atoms with Crippen molar-refractivity contribution in [3.05, 3.63) is 12.3 Å². The Labute approximate surface area is 113 Å². The number of hydrogen-bond acceptors (Lipinski definition) is 5. The van der Waals surface area contributed by atoms with Crippen LogP contribution in [0.5, 0.6) is 0 Å². The molecule has 1 aromatic heterocycles. The monoisotopic (exact) mass is 263 g/mol. The topological polar surface area (TPSA) is 73.3 Å². The lowest BCUT2D eigenvalue weighted by atomic mass is 9.85. The van der Waals surface area contributed by atoms with Gasteiger partial charge in [0.05, 0.1) is 16.8 Å². The summed E-state index contributed by atoms with van der Waals surface area (Å²) in [6, 6.07) is 1.72. The van der Waals surface area contributed by atoms with Gasteiger partial charge in [-0.05, 0) is 33.8 Å². The highest BCUT2D eigenvalue weighted by molar-refractivity contribution is 6.61. The SMILES string of the molecule is CC(=O)Nc1nccc(B2OC(C)(C)C(C)(C)O2)n1. The van der Waals surface area contributed by atoms with Gasteiger partial charge >= 0.3 is 7.12 Å². The second kappa shape index (κ2) is 4.57. The number of carbonyl (C=O) groups excluding carboxylic acids is 1. The van der Waals surface area contributed by atoms with Crippen LogP contribution in [0.25, 0.3) is 0 Å². The number of aromatic nitrogens is 2. The van der Waals surface area contributed by atoms with Gasteiger partial charge in [0.1, 0.15) is 0 Å². The van der Waals surface area contributed by atoms with Crippen LogP contribution in [0.15, 0.2) is 12.3 Å². The van der Waals surface area contributed by atoms with Crippen LogP contribution in [-0.4, -0.2) is 34.2 Å². The van der Waals surface area contributed by atoms with Crippen molar-refractivity contribution in [3.8, 4) is 0 Å². The van der Waals surface area contributed by atoms with E-state index in [9.17, 15) is 4.79 Å². The van der Waals surface area contributed by atoms with Crippen molar-refractivity contribution < 1.29 is 14.1 Å². The average molecular weight is 263 g/mol. The van der Waals surface area contributed by atoms with E-state index < -0.39 is 18.3 Å². The summed E-state index contributed by atoms with van der Waals surface area (Å²) in [5.41, 5.74) is -0.245. The number of amides is 1. The zero-order valence-electron chi connectivity index (χ0n) is 11.9. The lowest BCUT2D eigenvalue weighted by molar-refractivity contribution is -0.114. The number of hydrogen-bond donors (Lipinski definition) is 1. The Hall–Kier alpha value is -1.47. The molecular weight excluding hydrogens is 245 g/mol. The summed E-state index contributed by atoms with van der Waals surface area (Å²) in [5, 5.41) is 2.54. The van der Waals surface area contributed by atoms with Gasteiger partial charge in [-0.2, -0.15) is 0 Å². The molecule has 0 unspecified atom stereocenters. The first kappa shape index (κ1) is 14.0. The molecule has 0 spiro atoms. The van der Waals surface area contributed by atoms with Gasteiger partial charge in [-0.3, -0.25) is 10.1 Å². The van der Waals surface area contributed by atoms with Crippen LogP contribution in [0.4, 0.5) is 5.95 Å². The molecule has 6 nitrogen and oxygen atoms in total. The third-order valence-corrected chi connectivity index (χ3v) is 3.46. The Balaban J connectivity index is 2.22. The van der Waals surface area contributed by atoms with Crippen molar-refractivity contribution in [2.45, 2.75) is 45.8 Å². The molecule has 0 radical (unpaired) electrons. The molecule has 1 aromatic rings. The fraction of sp³-hybridized carbons (Fsp3) is 0.583. The summed E-state index contributed by atoms with van der Waals surface area (Å²) in [4.78, 5) is 19.2. The molecule has 0 aliphatic carbocycles. The molecule has 2 heterocycles. The Bertz CT molecular complexity index is 489. The summed E-state index contributed by atoms with van der Waals surface area (Å²) in [6.07, 6.45) is 1.57. The Morgan fingerprint density at radius 2 is 1.84 bits per heavy atom. The highest BCUT2D eigenvalue weighted by Crippen LogP contribution is 2.36. The molecule has 7 heteroatoms. The van der Waals surface area contributed by atoms with Crippen molar-refractivity contribution in [1.29, 1.82) is 0 Å². The third kappa shape index (κ3) is 2.77. The molecule has 1 aliphatic heterocycles. The molecule has 1 aliphatic rings. The average Bonchev–Trinajstić information content (AvgIpc) is 2.47. The van der Waals surface area contributed by atoms with E-state index in [1.165, 1.54) is 6.92 Å². The van der Waals surface area contributed by atoms with Crippen molar-refractivity contribution in [1.82, 2.24) is 9.97 Å². The van der Waals surface area contributed by atoms with Gasteiger partial charge in [-0.1, -0.05) is 0 Å². The van der Waals surface area contributed by atoms with Crippen LogP contribution < -0.4 is 10.9 Å². The minimum absolute atomic E-state index is 0.217. The predicted molar refractivity (Wildman–Crippen MR) is 72.1 cm³/mol. The lowest BCUT2D eigenvalue weighted by Crippen LogP contribution is -2.41. The van der Waals surface area contributed by atoms with E-state index in [1.807, 2.05) is 27.7 Å². The highest BCUT2D eigenvalue weighted by atomic mass is 16.7. The number of nitrogens with one attached hydrogen (secondary N) is 1. The number of anilines is 1. The van der Waals surface area contributed by atoms with Crippen molar-refractivity contribution in [2.24, 2.45) is 0 Å². The first-order chi connectivity index (χ1) is 8.71. The lowest BCUT2D eigenvalue weighted by Gasteiger charge is -2.32. The normalized spacial score (nSPS) is 20.4. The molecule has 1 saturated heterocycles. The van der Waals surface area contributed by atoms with Gasteiger partial charge in [0.15, 0.2) is 0 Å². The second-order valence-corrected chi connectivity index (χ2v) is 5.57. The van der Waals surface area contributed by atoms with Crippen molar-refractivity contribution in [3.63, 3.8) is 0 Å². The van der Waals surface area contributed by atoms with Crippen molar-refractivity contribution >= 4 is 24.6 Å². The molecule has 102 valence electrons. The van der Waals surface area contributed by atoms with E-state index >= 15 is 0 Å². The quantitative estimate of drug-likeness (QED) is 0.796. The van der Waals surface area contributed by atoms with E-state index in [-0.39, 0.29) is 11.9 Å². The van der Waals surface area contributed by atoms with Gasteiger partial charge in [0.2, 0.25) is 11.9 Å². The van der Waals surface area contributed by atoms with Crippen LogP contribution in [0.3, 0.4) is 0 Å². The fourth-order valence-corrected chi connectivity index (χ4v) is 1.69. The van der Waals surface area contributed by atoms with Crippen LogP contribution in [0, 0.1) is 0 Å². The van der Waals surface area contributed by atoms with E-state index in [2.05, 4.69) is 15.3 Å². The number of carbonyl (C=O) groups is 1. The van der Waals surface area contributed by atoms with Gasteiger partial charge < -0.3 is 9.31 Å². The van der Waals surface area contributed by atoms with E-state index in [0.29, 0.717) is 5.59 Å². The molecule has 0 bridgehead atoms. The van der Waals surface area contributed by atoms with Crippen LogP contribution >= 0.6 is 0 Å². The van der Waals surface area contributed by atoms with Gasteiger partial charge in [0, 0.05) is 13.1 Å². The number of nitrogens with zero attached hydrogens (tertiary/aromatic N) is 2. The van der Waals surface area contributed by atoms with Crippen LogP contribution in [0.2, 0.25) is 0 Å². The smallest absolute Gasteiger partial charge is 0.398 e. The maximum absolute atomic E-state index is 11.0. The van der Waals surface area contributed by atoms with Gasteiger partial charge in [0.25, 0.3) is 0 Å². The van der Waals surface area contributed by atoms with E-state index in [0.717, 1.165) is 0 Å². The molecular formula is C12H18BN3O3. The fourth-order valence-electron chi connectivity index (χ4n) is 1.69. The summed E-state index contributed by atoms with van der Waals surface area (Å²) >= 11 is 0. The minimum Gasteiger partial charge on any atom is -0.398 e. The zero-order chi connectivity index (χ0) is 14.3. The van der Waals surface area contributed by atoms with E-state index in [4.69, 9.17) is 9.31 Å². The molecule has 2 rings (SSSR count). The Morgan fingerprint density at radius 3 is 2.37 bits per heavy atom. The first-order valence-electron chi connectivity index (χ1n) is 6.17. The predicted octanol–water partition coefficient (Wildman–Crippen LogP) is 0.734. The third-order valence-electron chi connectivity index (χ3n) is 3.46. The molecule has 0 aromatic carbocycles. The summed E-state index contributed by atoms with van der Waals surface area (Å²) < 4.78 is 11.8. The molecule has 1 amide bonds. The minimum atomic E-state index is -0.555. The molecule has 0 atom stereocenters. The van der Waals surface area contributed by atoms with Crippen LogP contribution in [-0.2, 0) is 14.1 Å². The van der Waals surface area contributed by atoms with Gasteiger partial charge in [-0.25, -0.2) is 9.97 Å². The highest BCUT2D eigenvalue weighted by Gasteiger charge is 2.52. The summed E-state index contributed by atoms with van der Waals surface area (Å²) in [7, 11) is -0.555. The van der Waals surface area contributed by atoms with Crippen LogP contribution in [0.1, 0.15) is 34.6 Å². The van der Waals surface area contributed by atoms with Crippen molar-refractivity contribution in [2.75, 3.05) is 5.32 Å². The second-order valence-electron chi connectivity index (χ2n) is 5.57. The van der Waals surface area contributed by atoms with Gasteiger partial charge in [-0.15, -0.1) is 0 Å². The Morgan fingerprint density at radius 1 is 1.26 bits per heavy atom. The maximum Gasteiger partial charge on any atom is 0.514 e.